The van der Waals surface area contributed by atoms with E-state index in [1.165, 1.54) is 16.6 Å². The smallest absolute Gasteiger partial charge is 0.267 e. The zero-order valence-corrected chi connectivity index (χ0v) is 21.6. The van der Waals surface area contributed by atoms with Crippen molar-refractivity contribution in [3.05, 3.63) is 84.9 Å². The first-order valence-corrected chi connectivity index (χ1v) is 13.6. The summed E-state index contributed by atoms with van der Waals surface area (Å²) in [6.45, 7) is 0. The molecular weight excluding hydrogens is 523 g/mol. The van der Waals surface area contributed by atoms with E-state index < -0.39 is 0 Å². The fraction of sp³-hybridized carbons (Fsp3) is 0.200. The van der Waals surface area contributed by atoms with Crippen molar-refractivity contribution in [2.45, 2.75) is 30.8 Å². The minimum absolute atomic E-state index is 0.0502. The summed E-state index contributed by atoms with van der Waals surface area (Å²) in [7, 11) is 0. The first kappa shape index (κ1) is 24.1. The summed E-state index contributed by atoms with van der Waals surface area (Å²) >= 11 is 14.7. The van der Waals surface area contributed by atoms with Gasteiger partial charge in [0.1, 0.15) is 4.83 Å². The van der Waals surface area contributed by atoms with Crippen LogP contribution >= 0.6 is 46.3 Å². The molecule has 0 atom stereocenters. The van der Waals surface area contributed by atoms with Crippen molar-refractivity contribution in [2.75, 3.05) is 5.75 Å². The van der Waals surface area contributed by atoms with Crippen molar-refractivity contribution in [2.24, 2.45) is 5.10 Å². The van der Waals surface area contributed by atoms with Gasteiger partial charge in [0, 0.05) is 14.9 Å². The highest BCUT2D eigenvalue weighted by Crippen LogP contribution is 2.35. The number of halogens is 2. The number of carbonyl (C=O) groups is 1. The van der Waals surface area contributed by atoms with Gasteiger partial charge in [0.15, 0.2) is 5.16 Å². The molecule has 1 aliphatic carbocycles. The topological polar surface area (TPSA) is 76.3 Å². The molecule has 10 heteroatoms. The zero-order valence-electron chi connectivity index (χ0n) is 18.5. The van der Waals surface area contributed by atoms with Crippen LogP contribution in [0.2, 0.25) is 10.0 Å². The third kappa shape index (κ3) is 5.30. The Morgan fingerprint density at radius 2 is 1.77 bits per heavy atom. The number of carbonyl (C=O) groups excluding carboxylic acids is 1. The van der Waals surface area contributed by atoms with Gasteiger partial charge < -0.3 is 0 Å². The second-order valence-corrected chi connectivity index (χ2v) is 10.9. The van der Waals surface area contributed by atoms with Crippen molar-refractivity contribution >= 4 is 68.6 Å². The third-order valence-corrected chi connectivity index (χ3v) is 8.28. The van der Waals surface area contributed by atoms with Gasteiger partial charge in [-0.3, -0.25) is 14.2 Å². The standard InChI is InChI=1S/C25H20Cl2N4O2S2/c26-16-7-5-15(6-8-16)13-28-30-21(32)14-34-25-29-23-22(19-3-1-2-4-20(19)35-23)24(33)31(25)18-11-9-17(27)10-12-18/h5-13H,1-4,14H2,(H,30,32). The highest BCUT2D eigenvalue weighted by molar-refractivity contribution is 7.99. The Morgan fingerprint density at radius 3 is 2.51 bits per heavy atom. The lowest BCUT2D eigenvalue weighted by Gasteiger charge is -2.13. The lowest BCUT2D eigenvalue weighted by molar-refractivity contribution is -0.118. The summed E-state index contributed by atoms with van der Waals surface area (Å²) in [6, 6.07) is 14.2. The predicted molar refractivity (Wildman–Crippen MR) is 145 cm³/mol. The van der Waals surface area contributed by atoms with E-state index in [2.05, 4.69) is 10.5 Å². The monoisotopic (exact) mass is 542 g/mol. The summed E-state index contributed by atoms with van der Waals surface area (Å²) in [5, 5.41) is 6.37. The van der Waals surface area contributed by atoms with E-state index in [0.29, 0.717) is 26.3 Å². The van der Waals surface area contributed by atoms with Gasteiger partial charge in [-0.25, -0.2) is 10.4 Å². The van der Waals surface area contributed by atoms with Gasteiger partial charge in [-0.15, -0.1) is 11.3 Å². The highest BCUT2D eigenvalue weighted by atomic mass is 35.5. The van der Waals surface area contributed by atoms with Gasteiger partial charge in [0.2, 0.25) is 0 Å². The van der Waals surface area contributed by atoms with Gasteiger partial charge in [0.25, 0.3) is 11.5 Å². The maximum atomic E-state index is 13.7. The number of hydrazone groups is 1. The zero-order chi connectivity index (χ0) is 24.4. The van der Waals surface area contributed by atoms with E-state index in [1.54, 1.807) is 70.6 Å². The number of aryl methyl sites for hydroxylation is 2. The molecule has 0 radical (unpaired) electrons. The van der Waals surface area contributed by atoms with Crippen LogP contribution in [0.1, 0.15) is 28.8 Å². The van der Waals surface area contributed by atoms with E-state index >= 15 is 0 Å². The normalized spacial score (nSPS) is 13.3. The lowest BCUT2D eigenvalue weighted by Crippen LogP contribution is -2.24. The first-order chi connectivity index (χ1) is 17.0. The molecule has 35 heavy (non-hydrogen) atoms. The number of benzene rings is 2. The van der Waals surface area contributed by atoms with Gasteiger partial charge in [-0.05, 0) is 73.2 Å². The van der Waals surface area contributed by atoms with Crippen molar-refractivity contribution in [1.82, 2.24) is 15.0 Å². The van der Waals surface area contributed by atoms with Crippen molar-refractivity contribution < 1.29 is 4.79 Å². The fourth-order valence-corrected chi connectivity index (χ4v) is 6.35. The molecule has 2 aromatic heterocycles. The average molecular weight is 544 g/mol. The second kappa shape index (κ2) is 10.5. The van der Waals surface area contributed by atoms with Crippen molar-refractivity contribution in [3.63, 3.8) is 0 Å². The summed E-state index contributed by atoms with van der Waals surface area (Å²) in [5.74, 6) is -0.253. The van der Waals surface area contributed by atoms with E-state index in [0.717, 1.165) is 41.6 Å². The predicted octanol–water partition coefficient (Wildman–Crippen LogP) is 5.88. The van der Waals surface area contributed by atoms with E-state index in [-0.39, 0.29) is 17.2 Å². The number of thiophene rings is 1. The van der Waals surface area contributed by atoms with Crippen LogP contribution < -0.4 is 11.0 Å². The van der Waals surface area contributed by atoms with Crippen LogP contribution in [0.15, 0.2) is 63.6 Å². The molecule has 2 heterocycles. The van der Waals surface area contributed by atoms with Crippen LogP contribution in [0.4, 0.5) is 0 Å². The van der Waals surface area contributed by atoms with Crippen LogP contribution in [-0.2, 0) is 17.6 Å². The van der Waals surface area contributed by atoms with Gasteiger partial charge >= 0.3 is 0 Å². The highest BCUT2D eigenvalue weighted by Gasteiger charge is 2.23. The Balaban J connectivity index is 1.42. The molecule has 5 rings (SSSR count). The minimum Gasteiger partial charge on any atom is -0.272 e. The molecule has 0 unspecified atom stereocenters. The van der Waals surface area contributed by atoms with Gasteiger partial charge in [-0.1, -0.05) is 47.1 Å². The number of fused-ring (bicyclic) bond motifs is 3. The SMILES string of the molecule is O=C(CSc1nc2sc3c(c2c(=O)n1-c1ccc(Cl)cc1)CCCC3)NN=Cc1ccc(Cl)cc1. The molecule has 178 valence electrons. The largest absolute Gasteiger partial charge is 0.272 e. The van der Waals surface area contributed by atoms with Crippen molar-refractivity contribution in [3.8, 4) is 5.69 Å². The van der Waals surface area contributed by atoms with Crippen LogP contribution in [0.3, 0.4) is 0 Å². The van der Waals surface area contributed by atoms with Crippen LogP contribution in [0, 0.1) is 0 Å². The van der Waals surface area contributed by atoms with Crippen LogP contribution in [0.25, 0.3) is 15.9 Å². The first-order valence-electron chi connectivity index (χ1n) is 11.0. The molecule has 0 spiro atoms. The number of amides is 1. The minimum atomic E-state index is -0.303. The molecule has 0 saturated heterocycles. The summed E-state index contributed by atoms with van der Waals surface area (Å²) in [6.07, 6.45) is 5.62. The van der Waals surface area contributed by atoms with Gasteiger partial charge in [0.05, 0.1) is 23.0 Å². The lowest BCUT2D eigenvalue weighted by atomic mass is 9.97. The number of hydrogen-bond acceptors (Lipinski definition) is 6. The van der Waals surface area contributed by atoms with Gasteiger partial charge in [-0.2, -0.15) is 5.10 Å². The Kier molecular flexibility index (Phi) is 7.24. The third-order valence-electron chi connectivity index (χ3n) is 5.65. The van der Waals surface area contributed by atoms with E-state index in [9.17, 15) is 9.59 Å². The molecule has 0 fully saturated rings. The Labute approximate surface area is 220 Å². The Bertz CT molecular complexity index is 1480. The number of thioether (sulfide) groups is 1. The Morgan fingerprint density at radius 1 is 1.09 bits per heavy atom. The summed E-state index contributed by atoms with van der Waals surface area (Å²) < 4.78 is 1.58. The quantitative estimate of drug-likeness (QED) is 0.143. The molecule has 1 amide bonds. The van der Waals surface area contributed by atoms with E-state index in [4.69, 9.17) is 28.2 Å². The maximum Gasteiger partial charge on any atom is 0.267 e. The van der Waals surface area contributed by atoms with E-state index in [1.807, 2.05) is 0 Å². The second-order valence-electron chi connectivity index (χ2n) is 8.04. The number of rotatable bonds is 6. The van der Waals surface area contributed by atoms with Crippen LogP contribution in [0.5, 0.6) is 0 Å². The molecule has 1 aliphatic rings. The summed E-state index contributed by atoms with van der Waals surface area (Å²) in [5.41, 5.74) is 5.01. The number of nitrogens with zero attached hydrogens (tertiary/aromatic N) is 3. The summed E-state index contributed by atoms with van der Waals surface area (Å²) in [4.78, 5) is 33.0. The number of nitrogens with one attached hydrogen (secondary N) is 1. The number of aromatic nitrogens is 2. The van der Waals surface area contributed by atoms with Crippen LogP contribution in [-0.4, -0.2) is 27.4 Å². The maximum absolute atomic E-state index is 13.7. The average Bonchev–Trinajstić information content (AvgIpc) is 3.23. The molecule has 0 aliphatic heterocycles. The molecular formula is C25H20Cl2N4O2S2. The molecule has 0 saturated carbocycles. The number of hydrogen-bond donors (Lipinski definition) is 1. The Hall–Kier alpha value is -2.65. The molecule has 0 bridgehead atoms. The molecule has 4 aromatic rings. The van der Waals surface area contributed by atoms with Crippen molar-refractivity contribution in [1.29, 1.82) is 0 Å². The molecule has 2 aromatic carbocycles. The fourth-order valence-electron chi connectivity index (χ4n) is 3.99. The molecule has 6 nitrogen and oxygen atoms in total. The molecule has 1 N–H and O–H groups in total.